The first kappa shape index (κ1) is 12.5. The summed E-state index contributed by atoms with van der Waals surface area (Å²) in [4.78, 5) is 0. The summed E-state index contributed by atoms with van der Waals surface area (Å²) in [6, 6.07) is 7.78. The minimum atomic E-state index is 0.372. The smallest absolute Gasteiger partial charge is 0.115 e. The summed E-state index contributed by atoms with van der Waals surface area (Å²) in [7, 11) is 0. The molecule has 1 aromatic rings. The molecule has 0 saturated heterocycles. The Labute approximate surface area is 105 Å². The first-order valence-corrected chi connectivity index (χ1v) is 6.76. The van der Waals surface area contributed by atoms with Crippen molar-refractivity contribution in [1.29, 1.82) is 0 Å². The third kappa shape index (κ3) is 3.02. The Morgan fingerprint density at radius 3 is 1.94 bits per heavy atom. The normalized spacial score (nSPS) is 25.8. The molecule has 94 valence electrons. The monoisotopic (exact) mass is 232 g/mol. The highest BCUT2D eigenvalue weighted by atomic mass is 16.3. The molecule has 2 rings (SSSR count). The van der Waals surface area contributed by atoms with Crippen LogP contribution in [-0.2, 0) is 0 Å². The average Bonchev–Trinajstić information content (AvgIpc) is 2.29. The maximum atomic E-state index is 9.30. The summed E-state index contributed by atoms with van der Waals surface area (Å²) in [6.45, 7) is 7.08. The Hall–Kier alpha value is -0.980. The van der Waals surface area contributed by atoms with Crippen LogP contribution in [0.25, 0.3) is 0 Å². The predicted molar refractivity (Wildman–Crippen MR) is 72.3 cm³/mol. The maximum Gasteiger partial charge on any atom is 0.115 e. The second-order valence-electron chi connectivity index (χ2n) is 6.51. The van der Waals surface area contributed by atoms with E-state index in [0.717, 1.165) is 5.92 Å². The largest absolute Gasteiger partial charge is 0.508 e. The third-order valence-corrected chi connectivity index (χ3v) is 4.32. The molecule has 0 spiro atoms. The van der Waals surface area contributed by atoms with E-state index in [1.165, 1.54) is 31.2 Å². The van der Waals surface area contributed by atoms with E-state index in [9.17, 15) is 5.11 Å². The first-order valence-electron chi connectivity index (χ1n) is 6.76. The molecular formula is C16H24O. The van der Waals surface area contributed by atoms with Gasteiger partial charge < -0.3 is 5.11 Å². The Kier molecular flexibility index (Phi) is 3.46. The third-order valence-electron chi connectivity index (χ3n) is 4.32. The summed E-state index contributed by atoms with van der Waals surface area (Å²) in [5.74, 6) is 1.95. The van der Waals surface area contributed by atoms with E-state index >= 15 is 0 Å². The number of hydrogen-bond acceptors (Lipinski definition) is 1. The number of phenolic OH excluding ortho intramolecular Hbond substituents is 1. The van der Waals surface area contributed by atoms with E-state index in [0.29, 0.717) is 17.1 Å². The molecule has 1 saturated carbocycles. The highest BCUT2D eigenvalue weighted by Crippen LogP contribution is 2.43. The molecule has 1 nitrogen and oxygen atoms in total. The fraction of sp³-hybridized carbons (Fsp3) is 0.625. The second-order valence-corrected chi connectivity index (χ2v) is 6.51. The predicted octanol–water partition coefficient (Wildman–Crippen LogP) is 4.71. The van der Waals surface area contributed by atoms with Gasteiger partial charge in [0.25, 0.3) is 0 Å². The highest BCUT2D eigenvalue weighted by Gasteiger charge is 2.29. The summed E-state index contributed by atoms with van der Waals surface area (Å²) in [6.07, 6.45) is 5.28. The van der Waals surface area contributed by atoms with E-state index in [2.05, 4.69) is 32.9 Å². The molecule has 1 N–H and O–H groups in total. The Morgan fingerprint density at radius 1 is 0.941 bits per heavy atom. The minimum Gasteiger partial charge on any atom is -0.508 e. The van der Waals surface area contributed by atoms with Crippen molar-refractivity contribution < 1.29 is 5.11 Å². The van der Waals surface area contributed by atoms with Crippen molar-refractivity contribution in [3.05, 3.63) is 29.8 Å². The molecule has 0 unspecified atom stereocenters. The minimum absolute atomic E-state index is 0.372. The van der Waals surface area contributed by atoms with Gasteiger partial charge in [-0.2, -0.15) is 0 Å². The number of phenols is 1. The van der Waals surface area contributed by atoms with Gasteiger partial charge in [0, 0.05) is 0 Å². The van der Waals surface area contributed by atoms with Gasteiger partial charge in [0.15, 0.2) is 0 Å². The Morgan fingerprint density at radius 2 is 1.47 bits per heavy atom. The van der Waals surface area contributed by atoms with Gasteiger partial charge >= 0.3 is 0 Å². The van der Waals surface area contributed by atoms with Gasteiger partial charge in [0.1, 0.15) is 5.75 Å². The molecule has 1 aliphatic rings. The lowest BCUT2D eigenvalue weighted by Gasteiger charge is -2.37. The number of hydrogen-bond donors (Lipinski definition) is 1. The van der Waals surface area contributed by atoms with Gasteiger partial charge in [-0.3, -0.25) is 0 Å². The highest BCUT2D eigenvalue weighted by molar-refractivity contribution is 5.28. The van der Waals surface area contributed by atoms with Crippen molar-refractivity contribution in [3.63, 3.8) is 0 Å². The molecule has 0 radical (unpaired) electrons. The van der Waals surface area contributed by atoms with Crippen molar-refractivity contribution in [3.8, 4) is 5.75 Å². The molecule has 0 amide bonds. The van der Waals surface area contributed by atoms with Gasteiger partial charge in [0.2, 0.25) is 0 Å². The molecule has 0 atom stereocenters. The molecule has 0 heterocycles. The van der Waals surface area contributed by atoms with Crippen molar-refractivity contribution in [2.75, 3.05) is 0 Å². The molecule has 17 heavy (non-hydrogen) atoms. The van der Waals surface area contributed by atoms with Crippen LogP contribution in [0.15, 0.2) is 24.3 Å². The van der Waals surface area contributed by atoms with Gasteiger partial charge in [-0.15, -0.1) is 0 Å². The summed E-state index contributed by atoms with van der Waals surface area (Å²) >= 11 is 0. The summed E-state index contributed by atoms with van der Waals surface area (Å²) < 4.78 is 0. The van der Waals surface area contributed by atoms with Gasteiger partial charge in [-0.1, -0.05) is 32.9 Å². The maximum absolute atomic E-state index is 9.30. The van der Waals surface area contributed by atoms with Crippen LogP contribution < -0.4 is 0 Å². The summed E-state index contributed by atoms with van der Waals surface area (Å²) in [5, 5.41) is 9.30. The van der Waals surface area contributed by atoms with E-state index in [1.807, 2.05) is 12.1 Å². The molecular weight excluding hydrogens is 208 g/mol. The Balaban J connectivity index is 1.97. The molecule has 1 aromatic carbocycles. The zero-order chi connectivity index (χ0) is 12.5. The van der Waals surface area contributed by atoms with Crippen LogP contribution in [0.3, 0.4) is 0 Å². The molecule has 0 aliphatic heterocycles. The molecule has 1 aliphatic carbocycles. The lowest BCUT2D eigenvalue weighted by atomic mass is 9.69. The first-order chi connectivity index (χ1) is 7.97. The van der Waals surface area contributed by atoms with Crippen molar-refractivity contribution in [1.82, 2.24) is 0 Å². The van der Waals surface area contributed by atoms with Crippen LogP contribution in [0, 0.1) is 11.3 Å². The van der Waals surface area contributed by atoms with Crippen LogP contribution >= 0.6 is 0 Å². The van der Waals surface area contributed by atoms with Crippen molar-refractivity contribution in [2.24, 2.45) is 11.3 Å². The van der Waals surface area contributed by atoms with Gasteiger partial charge in [-0.05, 0) is 60.6 Å². The number of aromatic hydroxyl groups is 1. The topological polar surface area (TPSA) is 20.2 Å². The van der Waals surface area contributed by atoms with Crippen LogP contribution in [-0.4, -0.2) is 5.11 Å². The zero-order valence-corrected chi connectivity index (χ0v) is 11.2. The summed E-state index contributed by atoms with van der Waals surface area (Å²) in [5.41, 5.74) is 1.86. The molecule has 0 bridgehead atoms. The van der Waals surface area contributed by atoms with Gasteiger partial charge in [0.05, 0.1) is 0 Å². The van der Waals surface area contributed by atoms with Crippen LogP contribution in [0.4, 0.5) is 0 Å². The SMILES string of the molecule is CC(C)(C)C1CCC(c2ccc(O)cc2)CC1. The van der Waals surface area contributed by atoms with Crippen molar-refractivity contribution in [2.45, 2.75) is 52.4 Å². The molecule has 1 fully saturated rings. The second kappa shape index (κ2) is 4.72. The zero-order valence-electron chi connectivity index (χ0n) is 11.2. The fourth-order valence-corrected chi connectivity index (χ4v) is 3.04. The van der Waals surface area contributed by atoms with E-state index in [1.54, 1.807) is 0 Å². The lowest BCUT2D eigenvalue weighted by molar-refractivity contribution is 0.169. The van der Waals surface area contributed by atoms with Crippen LogP contribution in [0.2, 0.25) is 0 Å². The standard InChI is InChI=1S/C16H24O/c1-16(2,3)14-8-4-12(5-9-14)13-6-10-15(17)11-7-13/h6-7,10-12,14,17H,4-5,8-9H2,1-3H3. The molecule has 1 heteroatoms. The van der Waals surface area contributed by atoms with Gasteiger partial charge in [-0.25, -0.2) is 0 Å². The number of benzene rings is 1. The van der Waals surface area contributed by atoms with Crippen LogP contribution in [0.1, 0.15) is 57.9 Å². The Bertz CT molecular complexity index is 350. The van der Waals surface area contributed by atoms with Crippen LogP contribution in [0.5, 0.6) is 5.75 Å². The fourth-order valence-electron chi connectivity index (χ4n) is 3.04. The van der Waals surface area contributed by atoms with E-state index in [4.69, 9.17) is 0 Å². The lowest BCUT2D eigenvalue weighted by Crippen LogP contribution is -2.25. The van der Waals surface area contributed by atoms with Crippen molar-refractivity contribution >= 4 is 0 Å². The van der Waals surface area contributed by atoms with E-state index in [-0.39, 0.29) is 0 Å². The average molecular weight is 232 g/mol. The quantitative estimate of drug-likeness (QED) is 0.743. The van der Waals surface area contributed by atoms with E-state index < -0.39 is 0 Å². The molecule has 0 aromatic heterocycles. The number of rotatable bonds is 1.